The molecule has 2 N–H and O–H groups in total. The molecule has 3 rings (SSSR count). The molecule has 1 aromatic carbocycles. The summed E-state index contributed by atoms with van der Waals surface area (Å²) in [5, 5.41) is 14.8. The second-order valence-electron chi connectivity index (χ2n) is 7.10. The van der Waals surface area contributed by atoms with E-state index in [2.05, 4.69) is 43.7 Å². The van der Waals surface area contributed by atoms with Gasteiger partial charge in [0.15, 0.2) is 0 Å². The molecule has 1 aliphatic rings. The molecule has 1 fully saturated rings. The van der Waals surface area contributed by atoms with Crippen molar-refractivity contribution in [3.05, 3.63) is 39.3 Å². The number of anilines is 1. The van der Waals surface area contributed by atoms with Crippen molar-refractivity contribution in [1.29, 1.82) is 0 Å². The Balaban J connectivity index is 1.44. The minimum Gasteiger partial charge on any atom is -0.352 e. The van der Waals surface area contributed by atoms with Gasteiger partial charge in [0.2, 0.25) is 16.9 Å². The number of rotatable bonds is 9. The number of amides is 3. The fourth-order valence-corrected chi connectivity index (χ4v) is 4.28. The lowest BCUT2D eigenvalue weighted by molar-refractivity contribution is -0.128. The van der Waals surface area contributed by atoms with Crippen LogP contribution >= 0.6 is 27.3 Å². The van der Waals surface area contributed by atoms with Crippen LogP contribution in [0.3, 0.4) is 0 Å². The number of aromatic nitrogens is 2. The number of unbranched alkanes of at least 4 members (excludes halogenated alkanes) is 1. The summed E-state index contributed by atoms with van der Waals surface area (Å²) in [6.07, 6.45) is 2.71. The molecular formula is C20H24BrN5O3S. The Morgan fingerprint density at radius 2 is 2.17 bits per heavy atom. The van der Waals surface area contributed by atoms with Crippen molar-refractivity contribution in [3.63, 3.8) is 0 Å². The van der Waals surface area contributed by atoms with E-state index < -0.39 is 0 Å². The molecule has 1 aliphatic heterocycles. The number of nitrogens with zero attached hydrogens (tertiary/aromatic N) is 3. The maximum absolute atomic E-state index is 12.5. The summed E-state index contributed by atoms with van der Waals surface area (Å²) in [6.45, 7) is 3.65. The Labute approximate surface area is 187 Å². The van der Waals surface area contributed by atoms with Crippen molar-refractivity contribution in [2.24, 2.45) is 5.92 Å². The van der Waals surface area contributed by atoms with Gasteiger partial charge in [0, 0.05) is 42.5 Å². The van der Waals surface area contributed by atoms with Crippen molar-refractivity contribution in [1.82, 2.24) is 20.4 Å². The third-order valence-corrected chi connectivity index (χ3v) is 6.17. The molecule has 3 amide bonds. The van der Waals surface area contributed by atoms with Crippen LogP contribution in [0.5, 0.6) is 0 Å². The maximum Gasteiger partial charge on any atom is 0.251 e. The molecule has 1 saturated heterocycles. The fraction of sp³-hybridized carbons (Fsp3) is 0.450. The topological polar surface area (TPSA) is 104 Å². The Kier molecular flexibility index (Phi) is 7.92. The van der Waals surface area contributed by atoms with Gasteiger partial charge < -0.3 is 15.5 Å². The number of halogens is 1. The second-order valence-corrected chi connectivity index (χ2v) is 9.08. The number of carbonyl (C=O) groups is 3. The minimum atomic E-state index is -0.355. The number of benzene rings is 1. The molecule has 30 heavy (non-hydrogen) atoms. The molecule has 0 radical (unpaired) electrons. The first-order valence-corrected chi connectivity index (χ1v) is 11.5. The van der Waals surface area contributed by atoms with Crippen LogP contribution in [0.1, 0.15) is 41.6 Å². The highest BCUT2D eigenvalue weighted by molar-refractivity contribution is 9.10. The Hall–Kier alpha value is -2.33. The normalized spacial score (nSPS) is 16.0. The third kappa shape index (κ3) is 6.09. The number of likely N-dealkylation sites (tertiary alicyclic amines) is 1. The number of hydrogen-bond donors (Lipinski definition) is 2. The highest BCUT2D eigenvalue weighted by Crippen LogP contribution is 2.22. The largest absolute Gasteiger partial charge is 0.352 e. The van der Waals surface area contributed by atoms with Crippen molar-refractivity contribution in [2.45, 2.75) is 32.6 Å². The summed E-state index contributed by atoms with van der Waals surface area (Å²) < 4.78 is 0.845. The van der Waals surface area contributed by atoms with Crippen LogP contribution in [0.2, 0.25) is 0 Å². The summed E-state index contributed by atoms with van der Waals surface area (Å²) in [6, 6.07) is 7.17. The summed E-state index contributed by atoms with van der Waals surface area (Å²) in [5.41, 5.74) is 0.577. The molecule has 160 valence electrons. The second kappa shape index (κ2) is 10.6. The highest BCUT2D eigenvalue weighted by atomic mass is 79.9. The van der Waals surface area contributed by atoms with Crippen LogP contribution in [-0.4, -0.2) is 52.5 Å². The predicted molar refractivity (Wildman–Crippen MR) is 118 cm³/mol. The molecule has 0 spiro atoms. The SMILES string of the molecule is CCCCN1CC(C(=O)Nc2nnc(CCNC(=O)c3cccc(Br)c3)s2)CC1=O. The van der Waals surface area contributed by atoms with E-state index in [-0.39, 0.29) is 30.1 Å². The van der Waals surface area contributed by atoms with Crippen LogP contribution in [0.4, 0.5) is 5.13 Å². The lowest BCUT2D eigenvalue weighted by Gasteiger charge is -2.15. The van der Waals surface area contributed by atoms with Crippen LogP contribution in [0.25, 0.3) is 0 Å². The highest BCUT2D eigenvalue weighted by Gasteiger charge is 2.34. The Bertz CT molecular complexity index is 919. The fourth-order valence-electron chi connectivity index (χ4n) is 3.14. The van der Waals surface area contributed by atoms with Gasteiger partial charge in [-0.25, -0.2) is 0 Å². The van der Waals surface area contributed by atoms with Crippen molar-refractivity contribution < 1.29 is 14.4 Å². The molecule has 1 unspecified atom stereocenters. The average molecular weight is 494 g/mol. The molecule has 0 aliphatic carbocycles. The van der Waals surface area contributed by atoms with E-state index in [0.29, 0.717) is 41.8 Å². The number of nitrogens with one attached hydrogen (secondary N) is 2. The van der Waals surface area contributed by atoms with Crippen LogP contribution in [0, 0.1) is 5.92 Å². The zero-order valence-electron chi connectivity index (χ0n) is 16.7. The first kappa shape index (κ1) is 22.4. The summed E-state index contributed by atoms with van der Waals surface area (Å²) in [5.74, 6) is -0.685. The van der Waals surface area contributed by atoms with Crippen molar-refractivity contribution in [3.8, 4) is 0 Å². The van der Waals surface area contributed by atoms with E-state index in [9.17, 15) is 14.4 Å². The van der Waals surface area contributed by atoms with E-state index in [4.69, 9.17) is 0 Å². The van der Waals surface area contributed by atoms with Crippen molar-refractivity contribution in [2.75, 3.05) is 25.0 Å². The molecule has 1 atom stereocenters. The van der Waals surface area contributed by atoms with Crippen LogP contribution < -0.4 is 10.6 Å². The molecular weight excluding hydrogens is 470 g/mol. The molecule has 8 nitrogen and oxygen atoms in total. The van der Waals surface area contributed by atoms with Crippen molar-refractivity contribution >= 4 is 50.1 Å². The van der Waals surface area contributed by atoms with Gasteiger partial charge in [-0.2, -0.15) is 0 Å². The lowest BCUT2D eigenvalue weighted by atomic mass is 10.1. The zero-order valence-corrected chi connectivity index (χ0v) is 19.1. The third-order valence-electron chi connectivity index (χ3n) is 4.78. The lowest BCUT2D eigenvalue weighted by Crippen LogP contribution is -2.29. The average Bonchev–Trinajstić information content (AvgIpc) is 3.32. The summed E-state index contributed by atoms with van der Waals surface area (Å²) in [7, 11) is 0. The first-order chi connectivity index (χ1) is 14.5. The Morgan fingerprint density at radius 3 is 2.93 bits per heavy atom. The van der Waals surface area contributed by atoms with Gasteiger partial charge in [0.25, 0.3) is 5.91 Å². The summed E-state index contributed by atoms with van der Waals surface area (Å²) >= 11 is 4.62. The van der Waals surface area contributed by atoms with E-state index in [1.165, 1.54) is 11.3 Å². The smallest absolute Gasteiger partial charge is 0.251 e. The van der Waals surface area contributed by atoms with E-state index in [1.807, 2.05) is 6.07 Å². The minimum absolute atomic E-state index is 0.0303. The first-order valence-electron chi connectivity index (χ1n) is 9.91. The van der Waals surface area contributed by atoms with Gasteiger partial charge in [-0.15, -0.1) is 10.2 Å². The monoisotopic (exact) mass is 493 g/mol. The van der Waals surface area contributed by atoms with E-state index in [0.717, 1.165) is 17.3 Å². The van der Waals surface area contributed by atoms with Gasteiger partial charge in [0.1, 0.15) is 5.01 Å². The zero-order chi connectivity index (χ0) is 21.5. The van der Waals surface area contributed by atoms with Gasteiger partial charge in [0.05, 0.1) is 5.92 Å². The molecule has 1 aromatic heterocycles. The Morgan fingerprint density at radius 1 is 1.33 bits per heavy atom. The maximum atomic E-state index is 12.5. The van der Waals surface area contributed by atoms with Gasteiger partial charge >= 0.3 is 0 Å². The van der Waals surface area contributed by atoms with Crippen LogP contribution in [0.15, 0.2) is 28.7 Å². The standard InChI is InChI=1S/C20H24BrN5O3S/c1-2-3-9-26-12-14(11-17(26)27)19(29)23-20-25-24-16(30-20)7-8-22-18(28)13-5-4-6-15(21)10-13/h4-6,10,14H,2-3,7-9,11-12H2,1H3,(H,22,28)(H,23,25,29). The van der Waals surface area contributed by atoms with Gasteiger partial charge in [-0.05, 0) is 24.6 Å². The van der Waals surface area contributed by atoms with Gasteiger partial charge in [-0.3, -0.25) is 14.4 Å². The molecule has 2 aromatic rings. The van der Waals surface area contributed by atoms with Gasteiger partial charge in [-0.1, -0.05) is 46.7 Å². The molecule has 0 bridgehead atoms. The van der Waals surface area contributed by atoms with Crippen LogP contribution in [-0.2, 0) is 16.0 Å². The predicted octanol–water partition coefficient (Wildman–Crippen LogP) is 2.86. The molecule has 10 heteroatoms. The van der Waals surface area contributed by atoms with E-state index >= 15 is 0 Å². The molecule has 2 heterocycles. The molecule has 0 saturated carbocycles. The van der Waals surface area contributed by atoms with E-state index in [1.54, 1.807) is 23.1 Å². The number of hydrogen-bond acceptors (Lipinski definition) is 6. The number of carbonyl (C=O) groups excluding carboxylic acids is 3. The summed E-state index contributed by atoms with van der Waals surface area (Å²) in [4.78, 5) is 38.4. The quantitative estimate of drug-likeness (QED) is 0.558.